The fourth-order valence-electron chi connectivity index (χ4n) is 2.39. The lowest BCUT2D eigenvalue weighted by Crippen LogP contribution is -2.25. The van der Waals surface area contributed by atoms with Crippen LogP contribution in [0.15, 0.2) is 12.1 Å². The molecule has 3 nitrogen and oxygen atoms in total. The monoisotopic (exact) mass is 267 g/mol. The van der Waals surface area contributed by atoms with Crippen LogP contribution in [0.5, 0.6) is 0 Å². The Kier molecular flexibility index (Phi) is 2.82. The number of benzene rings is 1. The standard InChI is InChI=1S/C13H12F3N3/c1-7-8-6-17-5-4-10(8)19(18-7)11-3-2-9(14)12(15)13(11)16/h2-3,17H,4-6H2,1H3. The van der Waals surface area contributed by atoms with E-state index in [0.29, 0.717) is 13.0 Å². The highest BCUT2D eigenvalue weighted by atomic mass is 19.2. The van der Waals surface area contributed by atoms with Gasteiger partial charge in [-0.1, -0.05) is 0 Å². The molecule has 0 spiro atoms. The molecule has 0 bridgehead atoms. The minimum Gasteiger partial charge on any atom is -0.312 e. The van der Waals surface area contributed by atoms with Gasteiger partial charge in [0.15, 0.2) is 17.5 Å². The van der Waals surface area contributed by atoms with Gasteiger partial charge in [-0.05, 0) is 19.1 Å². The number of nitrogens with zero attached hydrogens (tertiary/aromatic N) is 2. The number of aryl methyl sites for hydroxylation is 1. The van der Waals surface area contributed by atoms with Crippen molar-refractivity contribution in [1.82, 2.24) is 15.1 Å². The second-order valence-corrected chi connectivity index (χ2v) is 4.54. The fraction of sp³-hybridized carbons (Fsp3) is 0.308. The lowest BCUT2D eigenvalue weighted by Gasteiger charge is -2.15. The molecule has 0 saturated carbocycles. The van der Waals surface area contributed by atoms with Gasteiger partial charge in [0.1, 0.15) is 5.69 Å². The number of fused-ring (bicyclic) bond motifs is 1. The summed E-state index contributed by atoms with van der Waals surface area (Å²) < 4.78 is 41.5. The second-order valence-electron chi connectivity index (χ2n) is 4.54. The van der Waals surface area contributed by atoms with E-state index in [1.54, 1.807) is 0 Å². The molecule has 1 aliphatic heterocycles. The molecule has 0 atom stereocenters. The van der Waals surface area contributed by atoms with Gasteiger partial charge < -0.3 is 5.32 Å². The third-order valence-corrected chi connectivity index (χ3v) is 3.37. The zero-order chi connectivity index (χ0) is 13.6. The first-order valence-corrected chi connectivity index (χ1v) is 6.01. The van der Waals surface area contributed by atoms with Crippen LogP contribution in [0, 0.1) is 24.4 Å². The maximum absolute atomic E-state index is 13.8. The van der Waals surface area contributed by atoms with E-state index in [2.05, 4.69) is 10.4 Å². The molecule has 0 radical (unpaired) electrons. The molecular formula is C13H12F3N3. The first-order chi connectivity index (χ1) is 9.09. The van der Waals surface area contributed by atoms with Crippen molar-refractivity contribution in [2.75, 3.05) is 6.54 Å². The summed E-state index contributed by atoms with van der Waals surface area (Å²) in [4.78, 5) is 0. The van der Waals surface area contributed by atoms with Crippen LogP contribution in [0.25, 0.3) is 5.69 Å². The Morgan fingerprint density at radius 2 is 2.00 bits per heavy atom. The average molecular weight is 267 g/mol. The molecule has 100 valence electrons. The Bertz CT molecular complexity index is 649. The summed E-state index contributed by atoms with van der Waals surface area (Å²) in [6, 6.07) is 2.13. The van der Waals surface area contributed by atoms with Crippen molar-refractivity contribution in [3.05, 3.63) is 46.5 Å². The Hall–Kier alpha value is -1.82. The number of hydrogen-bond acceptors (Lipinski definition) is 2. The van der Waals surface area contributed by atoms with E-state index in [1.165, 1.54) is 10.7 Å². The highest BCUT2D eigenvalue weighted by Crippen LogP contribution is 2.25. The van der Waals surface area contributed by atoms with Crippen molar-refractivity contribution >= 4 is 0 Å². The maximum Gasteiger partial charge on any atom is 0.196 e. The quantitative estimate of drug-likeness (QED) is 0.803. The first kappa shape index (κ1) is 12.2. The molecule has 2 aromatic rings. The van der Waals surface area contributed by atoms with Gasteiger partial charge in [0, 0.05) is 25.1 Å². The van der Waals surface area contributed by atoms with Gasteiger partial charge in [-0.15, -0.1) is 0 Å². The third kappa shape index (κ3) is 1.83. The van der Waals surface area contributed by atoms with E-state index in [1.807, 2.05) is 6.92 Å². The number of rotatable bonds is 1. The maximum atomic E-state index is 13.8. The van der Waals surface area contributed by atoms with Crippen LogP contribution in [0.4, 0.5) is 13.2 Å². The summed E-state index contributed by atoms with van der Waals surface area (Å²) in [5, 5.41) is 7.44. The van der Waals surface area contributed by atoms with E-state index in [0.717, 1.165) is 29.6 Å². The van der Waals surface area contributed by atoms with Gasteiger partial charge >= 0.3 is 0 Å². The van der Waals surface area contributed by atoms with Gasteiger partial charge in [-0.25, -0.2) is 17.9 Å². The number of hydrogen-bond donors (Lipinski definition) is 1. The minimum atomic E-state index is -1.46. The van der Waals surface area contributed by atoms with Gasteiger partial charge in [-0.3, -0.25) is 0 Å². The molecule has 1 aromatic heterocycles. The van der Waals surface area contributed by atoms with E-state index < -0.39 is 17.5 Å². The van der Waals surface area contributed by atoms with Gasteiger partial charge in [0.05, 0.1) is 11.4 Å². The average Bonchev–Trinajstić information content (AvgIpc) is 2.74. The van der Waals surface area contributed by atoms with Gasteiger partial charge in [0.25, 0.3) is 0 Å². The fourth-order valence-corrected chi connectivity index (χ4v) is 2.39. The molecule has 1 N–H and O–H groups in total. The molecule has 0 amide bonds. The molecule has 1 aliphatic rings. The normalized spacial score (nSPS) is 14.5. The van der Waals surface area contributed by atoms with E-state index >= 15 is 0 Å². The molecule has 19 heavy (non-hydrogen) atoms. The number of aromatic nitrogens is 2. The van der Waals surface area contributed by atoms with Crippen LogP contribution >= 0.6 is 0 Å². The van der Waals surface area contributed by atoms with Crippen molar-refractivity contribution in [3.63, 3.8) is 0 Å². The summed E-state index contributed by atoms with van der Waals surface area (Å²) >= 11 is 0. The molecule has 0 fully saturated rings. The van der Waals surface area contributed by atoms with Crippen molar-refractivity contribution in [2.45, 2.75) is 19.9 Å². The van der Waals surface area contributed by atoms with Gasteiger partial charge in [-0.2, -0.15) is 5.10 Å². The zero-order valence-electron chi connectivity index (χ0n) is 10.3. The molecule has 6 heteroatoms. The molecular weight excluding hydrogens is 255 g/mol. The van der Waals surface area contributed by atoms with Crippen LogP contribution in [0.2, 0.25) is 0 Å². The Labute approximate surface area is 108 Å². The first-order valence-electron chi connectivity index (χ1n) is 6.01. The van der Waals surface area contributed by atoms with Crippen molar-refractivity contribution < 1.29 is 13.2 Å². The number of nitrogens with one attached hydrogen (secondary N) is 1. The van der Waals surface area contributed by atoms with Gasteiger partial charge in [0.2, 0.25) is 0 Å². The third-order valence-electron chi connectivity index (χ3n) is 3.37. The lowest BCUT2D eigenvalue weighted by molar-refractivity contribution is 0.442. The van der Waals surface area contributed by atoms with Crippen LogP contribution < -0.4 is 5.32 Å². The summed E-state index contributed by atoms with van der Waals surface area (Å²) in [6.07, 6.45) is 0.675. The summed E-state index contributed by atoms with van der Waals surface area (Å²) in [6.45, 7) is 3.23. The Morgan fingerprint density at radius 1 is 1.21 bits per heavy atom. The van der Waals surface area contributed by atoms with E-state index in [-0.39, 0.29) is 5.69 Å². The van der Waals surface area contributed by atoms with Crippen LogP contribution in [-0.2, 0) is 13.0 Å². The predicted molar refractivity (Wildman–Crippen MR) is 63.6 cm³/mol. The minimum absolute atomic E-state index is 0.0508. The second kappa shape index (κ2) is 4.38. The van der Waals surface area contributed by atoms with Crippen molar-refractivity contribution in [1.29, 1.82) is 0 Å². The Morgan fingerprint density at radius 3 is 2.79 bits per heavy atom. The van der Waals surface area contributed by atoms with Crippen LogP contribution in [0.3, 0.4) is 0 Å². The summed E-state index contributed by atoms with van der Waals surface area (Å²) in [5.41, 5.74) is 2.56. The van der Waals surface area contributed by atoms with Crippen molar-refractivity contribution in [3.8, 4) is 5.69 Å². The molecule has 3 rings (SSSR count). The SMILES string of the molecule is Cc1nn(-c2ccc(F)c(F)c2F)c2c1CNCC2. The number of halogens is 3. The van der Waals surface area contributed by atoms with Crippen LogP contribution in [0.1, 0.15) is 17.0 Å². The largest absolute Gasteiger partial charge is 0.312 e. The predicted octanol–water partition coefficient (Wildman–Crippen LogP) is 2.24. The van der Waals surface area contributed by atoms with Crippen molar-refractivity contribution in [2.24, 2.45) is 0 Å². The van der Waals surface area contributed by atoms with E-state index in [4.69, 9.17) is 0 Å². The molecule has 0 aliphatic carbocycles. The smallest absolute Gasteiger partial charge is 0.196 e. The summed E-state index contributed by atoms with van der Waals surface area (Å²) in [5.74, 6) is -3.86. The van der Waals surface area contributed by atoms with Crippen LogP contribution in [-0.4, -0.2) is 16.3 Å². The molecule has 0 saturated heterocycles. The Balaban J connectivity index is 2.20. The lowest BCUT2D eigenvalue weighted by atomic mass is 10.1. The molecule has 2 heterocycles. The molecule has 1 aromatic carbocycles. The zero-order valence-corrected chi connectivity index (χ0v) is 10.3. The highest BCUT2D eigenvalue weighted by Gasteiger charge is 2.22. The molecule has 0 unspecified atom stereocenters. The highest BCUT2D eigenvalue weighted by molar-refractivity contribution is 5.40. The van der Waals surface area contributed by atoms with E-state index in [9.17, 15) is 13.2 Å². The topological polar surface area (TPSA) is 29.9 Å². The summed E-state index contributed by atoms with van der Waals surface area (Å²) in [7, 11) is 0.